The summed E-state index contributed by atoms with van der Waals surface area (Å²) < 4.78 is 49.2. The van der Waals surface area contributed by atoms with Crippen molar-refractivity contribution in [1.82, 2.24) is 14.9 Å². The third kappa shape index (κ3) is 13.4. The highest BCUT2D eigenvalue weighted by Gasteiger charge is 2.31. The van der Waals surface area contributed by atoms with Gasteiger partial charge in [-0.05, 0) is 67.8 Å². The van der Waals surface area contributed by atoms with E-state index in [0.717, 1.165) is 17.2 Å². The van der Waals surface area contributed by atoms with Gasteiger partial charge in [0.15, 0.2) is 0 Å². The molecule has 5 rings (SSSR count). The average molecular weight is 872 g/mol. The van der Waals surface area contributed by atoms with Crippen molar-refractivity contribution in [3.63, 3.8) is 0 Å². The van der Waals surface area contributed by atoms with Gasteiger partial charge < -0.3 is 40.0 Å². The van der Waals surface area contributed by atoms with E-state index in [1.807, 2.05) is 18.7 Å². The lowest BCUT2D eigenvalue weighted by Gasteiger charge is -2.30. The Balaban J connectivity index is 0.00000119. The first-order valence-corrected chi connectivity index (χ1v) is 19.2. The standard InChI is InChI=1S/C35H39Cl2F3N6O5.C5H9Cl.CH4/c1-33(2,3)31(48)41-18-20-6-11-24(36)29(28(20)37)44-32-43-25-16-23(30(47)42-21-7-9-22(10-8-21)51-35(38,39)40)26(45-12-14-50-15-13-45)17-27(25)46(32)19-34(4,5)49;1-4(2)5(3)6;/h6-11,16-17,49H,12-15,18-19H2,1-5H3,(H,41,48)(H,42,47)(H,43,44);4H,3H2,1-2H3;1H4. The van der Waals surface area contributed by atoms with E-state index in [1.165, 1.54) is 12.1 Å². The van der Waals surface area contributed by atoms with Crippen molar-refractivity contribution in [3.8, 4) is 5.75 Å². The Morgan fingerprint density at radius 1 is 1.02 bits per heavy atom. The minimum absolute atomic E-state index is 0. The Kier molecular flexibility index (Phi) is 16.4. The fourth-order valence-corrected chi connectivity index (χ4v) is 5.92. The number of nitrogens with zero attached hydrogens (tertiary/aromatic N) is 3. The van der Waals surface area contributed by atoms with Gasteiger partial charge in [-0.15, -0.1) is 13.2 Å². The summed E-state index contributed by atoms with van der Waals surface area (Å²) in [6, 6.07) is 11.6. The van der Waals surface area contributed by atoms with Crippen LogP contribution in [0, 0.1) is 11.3 Å². The molecule has 2 amide bonds. The second kappa shape index (κ2) is 19.7. The molecule has 0 aliphatic carbocycles. The van der Waals surface area contributed by atoms with Crippen LogP contribution < -0.4 is 25.6 Å². The number of imidazole rings is 1. The molecule has 1 saturated heterocycles. The Hall–Kier alpha value is -4.21. The number of halogens is 6. The van der Waals surface area contributed by atoms with Gasteiger partial charge >= 0.3 is 6.36 Å². The van der Waals surface area contributed by atoms with Crippen LogP contribution in [-0.4, -0.2) is 64.7 Å². The number of carbonyl (C=O) groups excluding carboxylic acids is 2. The second-order valence-electron chi connectivity index (χ2n) is 15.4. The molecule has 11 nitrogen and oxygen atoms in total. The van der Waals surface area contributed by atoms with E-state index in [4.69, 9.17) is 44.5 Å². The fraction of sp³-hybridized carbons (Fsp3) is 0.439. The van der Waals surface area contributed by atoms with Gasteiger partial charge in [-0.25, -0.2) is 4.98 Å². The van der Waals surface area contributed by atoms with Gasteiger partial charge in [0, 0.05) is 35.8 Å². The van der Waals surface area contributed by atoms with E-state index in [0.29, 0.717) is 60.2 Å². The van der Waals surface area contributed by atoms with Crippen molar-refractivity contribution in [2.24, 2.45) is 11.3 Å². The summed E-state index contributed by atoms with van der Waals surface area (Å²) in [5.74, 6) is -0.401. The Morgan fingerprint density at radius 3 is 2.16 bits per heavy atom. The van der Waals surface area contributed by atoms with Crippen LogP contribution in [0.2, 0.25) is 10.0 Å². The smallest absolute Gasteiger partial charge is 0.406 e. The second-order valence-corrected chi connectivity index (χ2v) is 16.6. The average Bonchev–Trinajstić information content (AvgIpc) is 3.43. The molecular weight excluding hydrogens is 820 g/mol. The summed E-state index contributed by atoms with van der Waals surface area (Å²) in [5.41, 5.74) is 1.20. The van der Waals surface area contributed by atoms with Crippen LogP contribution in [0.5, 0.6) is 5.75 Å². The minimum atomic E-state index is -4.85. The van der Waals surface area contributed by atoms with E-state index in [-0.39, 0.29) is 53.7 Å². The molecule has 58 heavy (non-hydrogen) atoms. The number of amides is 2. The number of ether oxygens (including phenoxy) is 2. The Bertz CT molecular complexity index is 2070. The minimum Gasteiger partial charge on any atom is -0.406 e. The SMILES string of the molecule is C.C=C(Cl)C(C)C.CC(C)(O)Cn1c(Nc2c(Cl)ccc(CNC(=O)C(C)(C)C)c2Cl)nc2cc(C(=O)Nc3ccc(OC(F)(F)F)cc3)c(N3CCOCC3)cc21. The lowest BCUT2D eigenvalue weighted by atomic mass is 9.95. The van der Waals surface area contributed by atoms with Crippen LogP contribution in [0.15, 0.2) is 60.1 Å². The van der Waals surface area contributed by atoms with E-state index >= 15 is 0 Å². The van der Waals surface area contributed by atoms with Gasteiger partial charge in [0.1, 0.15) is 5.75 Å². The molecule has 3 aromatic carbocycles. The molecule has 0 atom stereocenters. The van der Waals surface area contributed by atoms with Crippen molar-refractivity contribution < 1.29 is 37.3 Å². The number of aromatic nitrogens is 2. The lowest BCUT2D eigenvalue weighted by molar-refractivity contribution is -0.274. The maximum absolute atomic E-state index is 13.8. The number of rotatable bonds is 11. The number of anilines is 4. The summed E-state index contributed by atoms with van der Waals surface area (Å²) in [4.78, 5) is 33.1. The number of benzene rings is 3. The lowest BCUT2D eigenvalue weighted by Crippen LogP contribution is -2.37. The maximum atomic E-state index is 13.8. The third-order valence-corrected chi connectivity index (χ3v) is 9.69. The monoisotopic (exact) mass is 870 g/mol. The molecule has 2 heterocycles. The van der Waals surface area contributed by atoms with E-state index < -0.39 is 29.0 Å². The number of allylic oxidation sites excluding steroid dienone is 1. The summed E-state index contributed by atoms with van der Waals surface area (Å²) in [6.07, 6.45) is -4.85. The molecule has 1 aliphatic rings. The van der Waals surface area contributed by atoms with Crippen molar-refractivity contribution in [1.29, 1.82) is 0 Å². The predicted molar refractivity (Wildman–Crippen MR) is 228 cm³/mol. The quantitative estimate of drug-likeness (QED) is 0.117. The number of alkyl halides is 3. The molecule has 0 saturated carbocycles. The van der Waals surface area contributed by atoms with Gasteiger partial charge in [-0.2, -0.15) is 0 Å². The van der Waals surface area contributed by atoms with Crippen molar-refractivity contribution in [3.05, 3.63) is 81.3 Å². The summed E-state index contributed by atoms with van der Waals surface area (Å²) in [7, 11) is 0. The topological polar surface area (TPSA) is 130 Å². The molecule has 1 aromatic heterocycles. The van der Waals surface area contributed by atoms with Crippen molar-refractivity contribution in [2.75, 3.05) is 41.8 Å². The van der Waals surface area contributed by atoms with Crippen LogP contribution in [0.25, 0.3) is 11.0 Å². The molecule has 0 radical (unpaired) electrons. The number of hydrogen-bond donors (Lipinski definition) is 4. The summed E-state index contributed by atoms with van der Waals surface area (Å²) in [6.45, 7) is 18.3. The molecule has 1 fully saturated rings. The number of fused-ring (bicyclic) bond motifs is 1. The summed E-state index contributed by atoms with van der Waals surface area (Å²) in [5, 5.41) is 21.1. The number of aliphatic hydroxyl groups is 1. The zero-order valence-corrected chi connectivity index (χ0v) is 35.1. The zero-order valence-electron chi connectivity index (χ0n) is 32.8. The van der Waals surface area contributed by atoms with Gasteiger partial charge in [-0.3, -0.25) is 9.59 Å². The number of carbonyl (C=O) groups is 2. The van der Waals surface area contributed by atoms with E-state index in [1.54, 1.807) is 63.5 Å². The van der Waals surface area contributed by atoms with Gasteiger partial charge in [-0.1, -0.05) is 89.5 Å². The molecule has 17 heteroatoms. The third-order valence-electron chi connectivity index (χ3n) is 8.51. The van der Waals surface area contributed by atoms with Crippen LogP contribution in [-0.2, 0) is 22.6 Å². The highest BCUT2D eigenvalue weighted by molar-refractivity contribution is 6.39. The van der Waals surface area contributed by atoms with Crippen LogP contribution in [0.4, 0.5) is 36.2 Å². The number of morpholine rings is 1. The maximum Gasteiger partial charge on any atom is 0.573 e. The molecule has 0 spiro atoms. The van der Waals surface area contributed by atoms with Gasteiger partial charge in [0.25, 0.3) is 5.91 Å². The van der Waals surface area contributed by atoms with Crippen LogP contribution in [0.3, 0.4) is 0 Å². The molecule has 4 N–H and O–H groups in total. The molecule has 0 bridgehead atoms. The normalized spacial score (nSPS) is 13.3. The summed E-state index contributed by atoms with van der Waals surface area (Å²) >= 11 is 18.9. The predicted octanol–water partition coefficient (Wildman–Crippen LogP) is 10.5. The molecular formula is C41H52Cl3F3N6O5. The molecule has 318 valence electrons. The van der Waals surface area contributed by atoms with Crippen molar-refractivity contribution in [2.45, 2.75) is 80.9 Å². The van der Waals surface area contributed by atoms with Crippen molar-refractivity contribution >= 4 is 80.7 Å². The zero-order chi connectivity index (χ0) is 42.5. The first-order valence-electron chi connectivity index (χ1n) is 18.1. The Labute approximate surface area is 352 Å². The van der Waals surface area contributed by atoms with Gasteiger partial charge in [0.05, 0.1) is 63.4 Å². The number of nitrogens with one attached hydrogen (secondary N) is 3. The first kappa shape index (κ1) is 48.2. The first-order chi connectivity index (χ1) is 26.4. The molecule has 1 aliphatic heterocycles. The fourth-order valence-electron chi connectivity index (χ4n) is 5.39. The van der Waals surface area contributed by atoms with Gasteiger partial charge in [0.2, 0.25) is 11.9 Å². The Morgan fingerprint density at radius 2 is 1.62 bits per heavy atom. The van der Waals surface area contributed by atoms with E-state index in [2.05, 4.69) is 27.3 Å². The highest BCUT2D eigenvalue weighted by atomic mass is 35.5. The largest absolute Gasteiger partial charge is 0.573 e. The van der Waals surface area contributed by atoms with E-state index in [9.17, 15) is 27.9 Å². The van der Waals surface area contributed by atoms with Crippen LogP contribution in [0.1, 0.15) is 71.8 Å². The highest BCUT2D eigenvalue weighted by Crippen LogP contribution is 2.38. The molecule has 4 aromatic rings. The molecule has 0 unspecified atom stereocenters. The number of hydrogen-bond acceptors (Lipinski definition) is 8. The van der Waals surface area contributed by atoms with Crippen LogP contribution >= 0.6 is 34.8 Å².